The van der Waals surface area contributed by atoms with Crippen molar-refractivity contribution in [2.75, 3.05) is 19.0 Å². The predicted octanol–water partition coefficient (Wildman–Crippen LogP) is 1.95. The number of methoxy groups -OCH3 is 1. The molecule has 0 saturated carbocycles. The van der Waals surface area contributed by atoms with Crippen LogP contribution in [0.2, 0.25) is 0 Å². The minimum Gasteiger partial charge on any atom is -0.383 e. The van der Waals surface area contributed by atoms with Gasteiger partial charge in [0, 0.05) is 18.4 Å². The van der Waals surface area contributed by atoms with Gasteiger partial charge in [0.1, 0.15) is 0 Å². The van der Waals surface area contributed by atoms with E-state index in [-0.39, 0.29) is 6.04 Å². The van der Waals surface area contributed by atoms with Gasteiger partial charge in [-0.05, 0) is 23.3 Å². The van der Waals surface area contributed by atoms with Crippen LogP contribution in [0.5, 0.6) is 0 Å². The van der Waals surface area contributed by atoms with Crippen LogP contribution in [0.15, 0.2) is 24.3 Å². The van der Waals surface area contributed by atoms with E-state index < -0.39 is 0 Å². The molecule has 0 saturated heterocycles. The fourth-order valence-corrected chi connectivity index (χ4v) is 1.83. The molecule has 0 aliphatic rings. The van der Waals surface area contributed by atoms with Gasteiger partial charge in [-0.15, -0.1) is 10.2 Å². The van der Waals surface area contributed by atoms with Crippen molar-refractivity contribution in [1.29, 1.82) is 0 Å². The molecule has 1 aromatic carbocycles. The Balaban J connectivity index is 2.14. The van der Waals surface area contributed by atoms with Crippen LogP contribution in [0.1, 0.15) is 13.8 Å². The summed E-state index contributed by atoms with van der Waals surface area (Å²) >= 11 is 0. The monoisotopic (exact) mass is 261 g/mol. The summed E-state index contributed by atoms with van der Waals surface area (Å²) in [7, 11) is 1.72. The van der Waals surface area contributed by atoms with Gasteiger partial charge in [0.05, 0.1) is 12.6 Å². The van der Waals surface area contributed by atoms with Gasteiger partial charge in [-0.2, -0.15) is 5.21 Å². The van der Waals surface area contributed by atoms with Crippen molar-refractivity contribution in [2.45, 2.75) is 19.9 Å². The first-order chi connectivity index (χ1) is 9.20. The van der Waals surface area contributed by atoms with E-state index in [0.717, 1.165) is 11.3 Å². The van der Waals surface area contributed by atoms with Crippen molar-refractivity contribution in [3.8, 4) is 11.4 Å². The average Bonchev–Trinajstić information content (AvgIpc) is 2.92. The minimum atomic E-state index is 0.269. The predicted molar refractivity (Wildman–Crippen MR) is 73.7 cm³/mol. The van der Waals surface area contributed by atoms with Crippen molar-refractivity contribution < 1.29 is 4.74 Å². The zero-order valence-corrected chi connectivity index (χ0v) is 11.4. The first-order valence-electron chi connectivity index (χ1n) is 6.30. The number of H-pyrrole nitrogens is 1. The van der Waals surface area contributed by atoms with Crippen LogP contribution in [-0.4, -0.2) is 40.4 Å². The fraction of sp³-hybridized carbons (Fsp3) is 0.462. The molecule has 0 spiro atoms. The summed E-state index contributed by atoms with van der Waals surface area (Å²) in [6.07, 6.45) is 0. The molecule has 1 unspecified atom stereocenters. The number of nitrogens with one attached hydrogen (secondary N) is 2. The van der Waals surface area contributed by atoms with Crippen LogP contribution in [0.4, 0.5) is 5.69 Å². The second-order valence-electron chi connectivity index (χ2n) is 4.77. The maximum absolute atomic E-state index is 5.24. The van der Waals surface area contributed by atoms with Crippen LogP contribution in [-0.2, 0) is 4.74 Å². The number of ether oxygens (including phenoxy) is 1. The van der Waals surface area contributed by atoms with Crippen molar-refractivity contribution in [1.82, 2.24) is 20.6 Å². The van der Waals surface area contributed by atoms with Crippen molar-refractivity contribution in [3.63, 3.8) is 0 Å². The number of hydrogen-bond donors (Lipinski definition) is 2. The number of tetrazole rings is 1. The second kappa shape index (κ2) is 6.29. The van der Waals surface area contributed by atoms with Crippen LogP contribution < -0.4 is 5.32 Å². The lowest BCUT2D eigenvalue weighted by Crippen LogP contribution is -2.30. The molecule has 6 heteroatoms. The van der Waals surface area contributed by atoms with Gasteiger partial charge in [-0.3, -0.25) is 0 Å². The molecular formula is C13H19N5O. The summed E-state index contributed by atoms with van der Waals surface area (Å²) in [5.41, 5.74) is 1.96. The lowest BCUT2D eigenvalue weighted by atomic mass is 10.0. The first-order valence-corrected chi connectivity index (χ1v) is 6.30. The molecule has 19 heavy (non-hydrogen) atoms. The minimum absolute atomic E-state index is 0.269. The number of hydrogen-bond acceptors (Lipinski definition) is 5. The Hall–Kier alpha value is -1.95. The Morgan fingerprint density at radius 2 is 2.21 bits per heavy atom. The van der Waals surface area contributed by atoms with Crippen molar-refractivity contribution >= 4 is 5.69 Å². The maximum atomic E-state index is 5.24. The average molecular weight is 261 g/mol. The SMILES string of the molecule is COCC(Nc1cccc(-c2nn[nH]n2)c1)C(C)C. The summed E-state index contributed by atoms with van der Waals surface area (Å²) in [5, 5.41) is 17.5. The van der Waals surface area contributed by atoms with E-state index in [2.05, 4.69) is 39.8 Å². The molecule has 102 valence electrons. The molecule has 6 nitrogen and oxygen atoms in total. The van der Waals surface area contributed by atoms with Crippen molar-refractivity contribution in [3.05, 3.63) is 24.3 Å². The molecule has 2 N–H and O–H groups in total. The van der Waals surface area contributed by atoms with E-state index in [1.165, 1.54) is 0 Å². The Labute approximate surface area is 112 Å². The molecule has 0 radical (unpaired) electrons. The van der Waals surface area contributed by atoms with E-state index in [4.69, 9.17) is 4.74 Å². The Bertz CT molecular complexity index is 497. The van der Waals surface area contributed by atoms with E-state index in [0.29, 0.717) is 18.3 Å². The van der Waals surface area contributed by atoms with E-state index in [9.17, 15) is 0 Å². The van der Waals surface area contributed by atoms with E-state index in [1.807, 2.05) is 24.3 Å². The number of aromatic amines is 1. The van der Waals surface area contributed by atoms with Gasteiger partial charge in [0.25, 0.3) is 0 Å². The Morgan fingerprint density at radius 1 is 1.37 bits per heavy atom. The zero-order valence-electron chi connectivity index (χ0n) is 11.4. The third-order valence-electron chi connectivity index (χ3n) is 2.97. The number of rotatable bonds is 6. The highest BCUT2D eigenvalue weighted by Crippen LogP contribution is 2.20. The molecule has 0 fully saturated rings. The van der Waals surface area contributed by atoms with Crippen LogP contribution in [0.25, 0.3) is 11.4 Å². The van der Waals surface area contributed by atoms with Gasteiger partial charge >= 0.3 is 0 Å². The number of aromatic nitrogens is 4. The van der Waals surface area contributed by atoms with Gasteiger partial charge in [-0.25, -0.2) is 0 Å². The quantitative estimate of drug-likeness (QED) is 0.831. The molecule has 2 aromatic rings. The topological polar surface area (TPSA) is 75.7 Å². The molecule has 0 aliphatic carbocycles. The van der Waals surface area contributed by atoms with Crippen LogP contribution in [0.3, 0.4) is 0 Å². The van der Waals surface area contributed by atoms with Gasteiger partial charge in [-0.1, -0.05) is 26.0 Å². The number of anilines is 1. The largest absolute Gasteiger partial charge is 0.383 e. The van der Waals surface area contributed by atoms with Crippen LogP contribution >= 0.6 is 0 Å². The third-order valence-corrected chi connectivity index (χ3v) is 2.97. The highest BCUT2D eigenvalue weighted by Gasteiger charge is 2.13. The van der Waals surface area contributed by atoms with Gasteiger partial charge in [0.2, 0.25) is 5.82 Å². The van der Waals surface area contributed by atoms with E-state index >= 15 is 0 Å². The molecule has 2 rings (SSSR count). The summed E-state index contributed by atoms with van der Waals surface area (Å²) in [5.74, 6) is 1.07. The summed E-state index contributed by atoms with van der Waals surface area (Å²) in [6.45, 7) is 5.00. The maximum Gasteiger partial charge on any atom is 0.204 e. The second-order valence-corrected chi connectivity index (χ2v) is 4.77. The Kier molecular flexibility index (Phi) is 4.46. The highest BCUT2D eigenvalue weighted by molar-refractivity contribution is 5.61. The highest BCUT2D eigenvalue weighted by atomic mass is 16.5. The Morgan fingerprint density at radius 3 is 2.84 bits per heavy atom. The van der Waals surface area contributed by atoms with Crippen molar-refractivity contribution in [2.24, 2.45) is 5.92 Å². The standard InChI is InChI=1S/C13H19N5O/c1-9(2)12(8-19-3)14-11-6-4-5-10(7-11)13-15-17-18-16-13/h4-7,9,12,14H,8H2,1-3H3,(H,15,16,17,18). The molecular weight excluding hydrogens is 242 g/mol. The number of benzene rings is 1. The summed E-state index contributed by atoms with van der Waals surface area (Å²) in [6, 6.07) is 8.23. The summed E-state index contributed by atoms with van der Waals surface area (Å²) in [4.78, 5) is 0. The van der Waals surface area contributed by atoms with Gasteiger partial charge < -0.3 is 10.1 Å². The third kappa shape index (κ3) is 3.51. The lowest BCUT2D eigenvalue weighted by molar-refractivity contribution is 0.171. The molecule has 1 aromatic heterocycles. The number of nitrogens with zero attached hydrogens (tertiary/aromatic N) is 3. The lowest BCUT2D eigenvalue weighted by Gasteiger charge is -2.22. The molecule has 0 amide bonds. The summed E-state index contributed by atoms with van der Waals surface area (Å²) < 4.78 is 5.24. The molecule has 1 heterocycles. The van der Waals surface area contributed by atoms with Crippen LogP contribution in [0, 0.1) is 5.92 Å². The molecule has 0 bridgehead atoms. The zero-order chi connectivity index (χ0) is 13.7. The first kappa shape index (κ1) is 13.5. The molecule has 1 atom stereocenters. The fourth-order valence-electron chi connectivity index (χ4n) is 1.83. The van der Waals surface area contributed by atoms with Gasteiger partial charge in [0.15, 0.2) is 0 Å². The smallest absolute Gasteiger partial charge is 0.204 e. The normalized spacial score (nSPS) is 12.6. The van der Waals surface area contributed by atoms with E-state index in [1.54, 1.807) is 7.11 Å². The molecule has 0 aliphatic heterocycles.